The number of anilines is 1. The Labute approximate surface area is 119 Å². The number of aryl methyl sites for hydroxylation is 2. The highest BCUT2D eigenvalue weighted by molar-refractivity contribution is 7.92. The molecule has 0 aromatic carbocycles. The van der Waals surface area contributed by atoms with Gasteiger partial charge in [0.15, 0.2) is 0 Å². The minimum Gasteiger partial charge on any atom is -0.268 e. The number of pyridine rings is 1. The van der Waals surface area contributed by atoms with Crippen LogP contribution in [0, 0.1) is 13.8 Å². The Hall–Kier alpha value is -1.89. The van der Waals surface area contributed by atoms with Crippen LogP contribution in [-0.2, 0) is 16.6 Å². The van der Waals surface area contributed by atoms with E-state index in [-0.39, 0.29) is 4.90 Å². The molecule has 0 saturated heterocycles. The molecule has 0 N–H and O–H groups in total. The van der Waals surface area contributed by atoms with Gasteiger partial charge in [0.2, 0.25) is 0 Å². The van der Waals surface area contributed by atoms with Gasteiger partial charge in [0, 0.05) is 19.8 Å². The molecule has 7 heteroatoms. The van der Waals surface area contributed by atoms with E-state index in [4.69, 9.17) is 0 Å². The third kappa shape index (κ3) is 2.29. The topological polar surface area (TPSA) is 68.1 Å². The molecule has 108 valence electrons. The average molecular weight is 294 g/mol. The van der Waals surface area contributed by atoms with E-state index in [1.165, 1.54) is 17.5 Å². The third-order valence-corrected chi connectivity index (χ3v) is 5.28. The standard InChI is InChI=1S/C13H18N4O2S/c1-5-17-11(3)13(10(2)15-17)20(18,19)16(4)12-7-6-8-14-9-12/h6-9H,5H2,1-4H3. The van der Waals surface area contributed by atoms with Gasteiger partial charge in [-0.25, -0.2) is 8.42 Å². The van der Waals surface area contributed by atoms with Crippen LogP contribution in [0.4, 0.5) is 5.69 Å². The lowest BCUT2D eigenvalue weighted by Crippen LogP contribution is -2.27. The Bertz CT molecular complexity index is 707. The molecule has 0 radical (unpaired) electrons. The second-order valence-electron chi connectivity index (χ2n) is 4.50. The smallest absolute Gasteiger partial charge is 0.267 e. The first-order chi connectivity index (χ1) is 9.39. The summed E-state index contributed by atoms with van der Waals surface area (Å²) in [4.78, 5) is 4.22. The van der Waals surface area contributed by atoms with Crippen LogP contribution in [-0.4, -0.2) is 30.2 Å². The van der Waals surface area contributed by atoms with E-state index in [9.17, 15) is 8.42 Å². The Morgan fingerprint density at radius 1 is 1.35 bits per heavy atom. The van der Waals surface area contributed by atoms with E-state index in [1.807, 2.05) is 6.92 Å². The molecule has 0 aliphatic carbocycles. The highest BCUT2D eigenvalue weighted by Gasteiger charge is 2.28. The van der Waals surface area contributed by atoms with Gasteiger partial charge in [0.1, 0.15) is 4.90 Å². The maximum Gasteiger partial charge on any atom is 0.267 e. The van der Waals surface area contributed by atoms with Gasteiger partial charge in [-0.05, 0) is 32.9 Å². The Kier molecular flexibility index (Phi) is 3.80. The monoisotopic (exact) mass is 294 g/mol. The molecule has 0 fully saturated rings. The number of sulfonamides is 1. The normalized spacial score (nSPS) is 11.6. The fourth-order valence-corrected chi connectivity index (χ4v) is 3.73. The zero-order valence-corrected chi connectivity index (χ0v) is 12.8. The van der Waals surface area contributed by atoms with Crippen molar-refractivity contribution < 1.29 is 8.42 Å². The highest BCUT2D eigenvalue weighted by atomic mass is 32.2. The minimum absolute atomic E-state index is 0.269. The van der Waals surface area contributed by atoms with Gasteiger partial charge < -0.3 is 0 Å². The number of aromatic nitrogens is 3. The van der Waals surface area contributed by atoms with E-state index >= 15 is 0 Å². The summed E-state index contributed by atoms with van der Waals surface area (Å²) in [6.07, 6.45) is 3.13. The van der Waals surface area contributed by atoms with E-state index < -0.39 is 10.0 Å². The summed E-state index contributed by atoms with van der Waals surface area (Å²) in [7, 11) is -2.11. The van der Waals surface area contributed by atoms with E-state index in [0.29, 0.717) is 23.6 Å². The summed E-state index contributed by atoms with van der Waals surface area (Å²) in [5.74, 6) is 0. The van der Waals surface area contributed by atoms with Crippen LogP contribution in [0.2, 0.25) is 0 Å². The largest absolute Gasteiger partial charge is 0.268 e. The zero-order valence-electron chi connectivity index (χ0n) is 12.0. The summed E-state index contributed by atoms with van der Waals surface area (Å²) >= 11 is 0. The first-order valence-corrected chi connectivity index (χ1v) is 7.76. The van der Waals surface area contributed by atoms with Crippen molar-refractivity contribution in [2.45, 2.75) is 32.2 Å². The van der Waals surface area contributed by atoms with Crippen molar-refractivity contribution in [3.05, 3.63) is 35.9 Å². The molecule has 0 bridgehead atoms. The van der Waals surface area contributed by atoms with Gasteiger partial charge in [-0.1, -0.05) is 0 Å². The molecule has 2 aromatic rings. The molecule has 0 aliphatic rings. The summed E-state index contributed by atoms with van der Waals surface area (Å²) in [5.41, 5.74) is 1.69. The Morgan fingerprint density at radius 2 is 2.05 bits per heavy atom. The van der Waals surface area contributed by atoms with Crippen molar-refractivity contribution in [1.82, 2.24) is 14.8 Å². The van der Waals surface area contributed by atoms with E-state index in [1.54, 1.807) is 36.9 Å². The van der Waals surface area contributed by atoms with Crippen LogP contribution >= 0.6 is 0 Å². The van der Waals surface area contributed by atoms with Crippen molar-refractivity contribution in [2.75, 3.05) is 11.4 Å². The quantitative estimate of drug-likeness (QED) is 0.861. The highest BCUT2D eigenvalue weighted by Crippen LogP contribution is 2.26. The molecule has 0 saturated carbocycles. The molecule has 2 heterocycles. The van der Waals surface area contributed by atoms with Crippen molar-refractivity contribution in [2.24, 2.45) is 0 Å². The number of rotatable bonds is 4. The Balaban J connectivity index is 2.54. The summed E-state index contributed by atoms with van der Waals surface area (Å²) in [6.45, 7) is 6.05. The summed E-state index contributed by atoms with van der Waals surface area (Å²) in [5, 5.41) is 4.27. The molecular formula is C13H18N4O2S. The van der Waals surface area contributed by atoms with Crippen molar-refractivity contribution in [1.29, 1.82) is 0 Å². The third-order valence-electron chi connectivity index (χ3n) is 3.24. The zero-order chi connectivity index (χ0) is 14.9. The van der Waals surface area contributed by atoms with Crippen LogP contribution in [0.15, 0.2) is 29.4 Å². The first-order valence-electron chi connectivity index (χ1n) is 6.32. The van der Waals surface area contributed by atoms with Crippen LogP contribution in [0.25, 0.3) is 0 Å². The minimum atomic E-state index is -3.63. The molecule has 0 amide bonds. The predicted molar refractivity (Wildman–Crippen MR) is 77.2 cm³/mol. The van der Waals surface area contributed by atoms with Gasteiger partial charge >= 0.3 is 0 Å². The van der Waals surface area contributed by atoms with E-state index in [0.717, 1.165) is 0 Å². The Morgan fingerprint density at radius 3 is 2.55 bits per heavy atom. The molecular weight excluding hydrogens is 276 g/mol. The SMILES string of the molecule is CCn1nc(C)c(S(=O)(=O)N(C)c2cccnc2)c1C. The van der Waals surface area contributed by atoms with E-state index in [2.05, 4.69) is 10.1 Å². The van der Waals surface area contributed by atoms with Gasteiger partial charge in [0.05, 0.1) is 23.3 Å². The lowest BCUT2D eigenvalue weighted by Gasteiger charge is -2.19. The summed E-state index contributed by atoms with van der Waals surface area (Å²) in [6, 6.07) is 3.41. The lowest BCUT2D eigenvalue weighted by atomic mass is 10.4. The maximum absolute atomic E-state index is 12.7. The van der Waals surface area contributed by atoms with Crippen molar-refractivity contribution in [3.8, 4) is 0 Å². The first kappa shape index (κ1) is 14.5. The predicted octanol–water partition coefficient (Wildman–Crippen LogP) is 1.74. The molecule has 2 aromatic heterocycles. The van der Waals surface area contributed by atoms with Gasteiger partial charge in [-0.2, -0.15) is 5.10 Å². The number of hydrogen-bond donors (Lipinski definition) is 0. The lowest BCUT2D eigenvalue weighted by molar-refractivity contribution is 0.591. The van der Waals surface area contributed by atoms with Crippen LogP contribution in [0.1, 0.15) is 18.3 Å². The molecule has 0 atom stereocenters. The fourth-order valence-electron chi connectivity index (χ4n) is 2.18. The van der Waals surface area contributed by atoms with Crippen LogP contribution < -0.4 is 4.31 Å². The van der Waals surface area contributed by atoms with Crippen LogP contribution in [0.5, 0.6) is 0 Å². The van der Waals surface area contributed by atoms with Gasteiger partial charge in [0.25, 0.3) is 10.0 Å². The molecule has 0 spiro atoms. The number of hydrogen-bond acceptors (Lipinski definition) is 4. The molecule has 0 aliphatic heterocycles. The van der Waals surface area contributed by atoms with Gasteiger partial charge in [-0.3, -0.25) is 14.0 Å². The van der Waals surface area contributed by atoms with Crippen molar-refractivity contribution >= 4 is 15.7 Å². The van der Waals surface area contributed by atoms with Crippen LogP contribution in [0.3, 0.4) is 0 Å². The maximum atomic E-state index is 12.7. The van der Waals surface area contributed by atoms with Gasteiger partial charge in [-0.15, -0.1) is 0 Å². The van der Waals surface area contributed by atoms with Crippen molar-refractivity contribution in [3.63, 3.8) is 0 Å². The molecule has 6 nitrogen and oxygen atoms in total. The summed E-state index contributed by atoms with van der Waals surface area (Å²) < 4.78 is 28.4. The second-order valence-corrected chi connectivity index (χ2v) is 6.41. The number of nitrogens with zero attached hydrogens (tertiary/aromatic N) is 4. The molecule has 20 heavy (non-hydrogen) atoms. The fraction of sp³-hybridized carbons (Fsp3) is 0.385. The second kappa shape index (κ2) is 5.24. The average Bonchev–Trinajstić information content (AvgIpc) is 2.73. The molecule has 0 unspecified atom stereocenters. The molecule has 2 rings (SSSR count).